The maximum Gasteiger partial charge on any atom is 0.0628 e. The van der Waals surface area contributed by atoms with E-state index in [9.17, 15) is 0 Å². The molecule has 1 aromatic carbocycles. The highest BCUT2D eigenvalue weighted by Crippen LogP contribution is 2.48. The topological polar surface area (TPSA) is 35.8 Å². The molecule has 15 heavy (non-hydrogen) atoms. The van der Waals surface area contributed by atoms with Crippen LogP contribution in [0.25, 0.3) is 0 Å². The largest absolute Gasteiger partial charge is 0.384 e. The van der Waals surface area contributed by atoms with E-state index in [0.29, 0.717) is 6.42 Å². The molecule has 1 aliphatic carbocycles. The molecule has 0 heterocycles. The van der Waals surface area contributed by atoms with E-state index in [1.807, 2.05) is 24.3 Å². The Kier molecular flexibility index (Phi) is 2.97. The lowest BCUT2D eigenvalue weighted by Crippen LogP contribution is -2.14. The second-order valence-electron chi connectivity index (χ2n) is 4.17. The highest BCUT2D eigenvalue weighted by molar-refractivity contribution is 9.10. The molecule has 0 aliphatic heterocycles. The average molecular weight is 265 g/mol. The fourth-order valence-corrected chi connectivity index (χ4v) is 2.07. The molecule has 0 atom stereocenters. The molecule has 2 rings (SSSR count). The molecule has 0 amide bonds. The zero-order valence-corrected chi connectivity index (χ0v) is 10.0. The van der Waals surface area contributed by atoms with Gasteiger partial charge in [-0.05, 0) is 40.9 Å². The highest BCUT2D eigenvalue weighted by atomic mass is 79.9. The molecule has 1 N–H and O–H groups in total. The van der Waals surface area contributed by atoms with Crippen molar-refractivity contribution >= 4 is 21.6 Å². The molecule has 1 saturated carbocycles. The second kappa shape index (κ2) is 4.24. The first-order chi connectivity index (χ1) is 7.26. The van der Waals surface area contributed by atoms with Gasteiger partial charge in [-0.25, -0.2) is 0 Å². The smallest absolute Gasteiger partial charge is 0.0628 e. The highest BCUT2D eigenvalue weighted by Gasteiger charge is 2.42. The van der Waals surface area contributed by atoms with E-state index < -0.39 is 0 Å². The van der Waals surface area contributed by atoms with Crippen LogP contribution < -0.4 is 5.32 Å². The van der Waals surface area contributed by atoms with Crippen LogP contribution >= 0.6 is 15.9 Å². The zero-order chi connectivity index (χ0) is 10.7. The van der Waals surface area contributed by atoms with E-state index in [2.05, 4.69) is 27.3 Å². The SMILES string of the molecule is N#CCC1(CNc2ccccc2Br)CC1. The van der Waals surface area contributed by atoms with Crippen molar-refractivity contribution in [2.75, 3.05) is 11.9 Å². The Bertz CT molecular complexity index is 391. The van der Waals surface area contributed by atoms with Crippen LogP contribution in [0, 0.1) is 16.7 Å². The zero-order valence-electron chi connectivity index (χ0n) is 8.46. The molecule has 1 aromatic rings. The molecule has 0 aromatic heterocycles. The molecule has 78 valence electrons. The quantitative estimate of drug-likeness (QED) is 0.903. The second-order valence-corrected chi connectivity index (χ2v) is 5.02. The first-order valence-corrected chi connectivity index (χ1v) is 5.90. The summed E-state index contributed by atoms with van der Waals surface area (Å²) in [6, 6.07) is 10.3. The van der Waals surface area contributed by atoms with Gasteiger partial charge in [-0.15, -0.1) is 0 Å². The van der Waals surface area contributed by atoms with E-state index in [4.69, 9.17) is 5.26 Å². The van der Waals surface area contributed by atoms with E-state index in [1.54, 1.807) is 0 Å². The number of halogens is 1. The number of para-hydroxylation sites is 1. The summed E-state index contributed by atoms with van der Waals surface area (Å²) < 4.78 is 1.08. The number of nitrogens with zero attached hydrogens (tertiary/aromatic N) is 1. The summed E-state index contributed by atoms with van der Waals surface area (Å²) in [5, 5.41) is 12.1. The third-order valence-electron chi connectivity index (χ3n) is 2.94. The van der Waals surface area contributed by atoms with E-state index >= 15 is 0 Å². The Balaban J connectivity index is 1.94. The molecule has 1 aliphatic rings. The van der Waals surface area contributed by atoms with Crippen LogP contribution in [0.15, 0.2) is 28.7 Å². The van der Waals surface area contributed by atoms with Crippen molar-refractivity contribution in [3.05, 3.63) is 28.7 Å². The van der Waals surface area contributed by atoms with E-state index in [0.717, 1.165) is 16.7 Å². The van der Waals surface area contributed by atoms with E-state index in [-0.39, 0.29) is 5.41 Å². The van der Waals surface area contributed by atoms with Crippen LogP contribution in [0.1, 0.15) is 19.3 Å². The molecular weight excluding hydrogens is 252 g/mol. The normalized spacial score (nSPS) is 16.8. The number of nitrogens with one attached hydrogen (secondary N) is 1. The van der Waals surface area contributed by atoms with Crippen LogP contribution in [0.3, 0.4) is 0 Å². The van der Waals surface area contributed by atoms with Gasteiger partial charge in [0, 0.05) is 28.5 Å². The van der Waals surface area contributed by atoms with Crippen molar-refractivity contribution in [1.82, 2.24) is 0 Å². The number of nitriles is 1. The number of anilines is 1. The Hall–Kier alpha value is -1.01. The van der Waals surface area contributed by atoms with Crippen LogP contribution in [-0.2, 0) is 0 Å². The molecular formula is C12H13BrN2. The van der Waals surface area contributed by atoms with Crippen molar-refractivity contribution in [2.45, 2.75) is 19.3 Å². The lowest BCUT2D eigenvalue weighted by molar-refractivity contribution is 0.557. The molecule has 1 fully saturated rings. The Labute approximate surface area is 98.4 Å². The predicted molar refractivity (Wildman–Crippen MR) is 64.5 cm³/mol. The number of hydrogen-bond acceptors (Lipinski definition) is 2. The van der Waals surface area contributed by atoms with Crippen molar-refractivity contribution in [3.8, 4) is 6.07 Å². The summed E-state index contributed by atoms with van der Waals surface area (Å²) in [7, 11) is 0. The third-order valence-corrected chi connectivity index (χ3v) is 3.63. The maximum atomic E-state index is 8.71. The van der Waals surface area contributed by atoms with Crippen molar-refractivity contribution in [1.29, 1.82) is 5.26 Å². The lowest BCUT2D eigenvalue weighted by Gasteiger charge is -2.14. The fourth-order valence-electron chi connectivity index (χ4n) is 1.65. The van der Waals surface area contributed by atoms with Gasteiger partial charge >= 0.3 is 0 Å². The molecule has 0 bridgehead atoms. The minimum Gasteiger partial charge on any atom is -0.384 e. The number of benzene rings is 1. The van der Waals surface area contributed by atoms with Gasteiger partial charge in [-0.2, -0.15) is 5.26 Å². The van der Waals surface area contributed by atoms with Gasteiger partial charge < -0.3 is 5.32 Å². The van der Waals surface area contributed by atoms with Crippen molar-refractivity contribution in [2.24, 2.45) is 5.41 Å². The molecule has 0 radical (unpaired) electrons. The van der Waals surface area contributed by atoms with Gasteiger partial charge in [0.05, 0.1) is 6.07 Å². The van der Waals surface area contributed by atoms with Crippen LogP contribution in [0.5, 0.6) is 0 Å². The van der Waals surface area contributed by atoms with E-state index in [1.165, 1.54) is 12.8 Å². The first-order valence-electron chi connectivity index (χ1n) is 5.11. The summed E-state index contributed by atoms with van der Waals surface area (Å²) in [5.41, 5.74) is 1.37. The average Bonchev–Trinajstić information content (AvgIpc) is 2.98. The van der Waals surface area contributed by atoms with Crippen LogP contribution in [0.4, 0.5) is 5.69 Å². The summed E-state index contributed by atoms with van der Waals surface area (Å²) in [5.74, 6) is 0. The van der Waals surface area contributed by atoms with Crippen molar-refractivity contribution < 1.29 is 0 Å². The van der Waals surface area contributed by atoms with Gasteiger partial charge in [-0.1, -0.05) is 12.1 Å². The molecule has 2 nitrogen and oxygen atoms in total. The summed E-state index contributed by atoms with van der Waals surface area (Å²) in [4.78, 5) is 0. The van der Waals surface area contributed by atoms with Gasteiger partial charge in [-0.3, -0.25) is 0 Å². The monoisotopic (exact) mass is 264 g/mol. The van der Waals surface area contributed by atoms with Gasteiger partial charge in [0.25, 0.3) is 0 Å². The Morgan fingerprint density at radius 3 is 2.73 bits per heavy atom. The van der Waals surface area contributed by atoms with Gasteiger partial charge in [0.2, 0.25) is 0 Å². The Morgan fingerprint density at radius 2 is 2.13 bits per heavy atom. The Morgan fingerprint density at radius 1 is 1.40 bits per heavy atom. The fraction of sp³-hybridized carbons (Fsp3) is 0.417. The lowest BCUT2D eigenvalue weighted by atomic mass is 10.0. The summed E-state index contributed by atoms with van der Waals surface area (Å²) in [6.45, 7) is 0.906. The molecule has 0 saturated heterocycles. The van der Waals surface area contributed by atoms with Gasteiger partial charge in [0.15, 0.2) is 0 Å². The minimum absolute atomic E-state index is 0.254. The standard InChI is InChI=1S/C12H13BrN2/c13-10-3-1-2-4-11(10)15-9-12(5-6-12)7-8-14/h1-4,15H,5-7,9H2. The molecule has 3 heteroatoms. The summed E-state index contributed by atoms with van der Waals surface area (Å²) >= 11 is 3.50. The minimum atomic E-state index is 0.254. The first kappa shape index (κ1) is 10.5. The molecule has 0 spiro atoms. The van der Waals surface area contributed by atoms with Crippen LogP contribution in [0.2, 0.25) is 0 Å². The summed E-state index contributed by atoms with van der Waals surface area (Å²) in [6.07, 6.45) is 3.03. The van der Waals surface area contributed by atoms with Crippen molar-refractivity contribution in [3.63, 3.8) is 0 Å². The third kappa shape index (κ3) is 2.51. The van der Waals surface area contributed by atoms with Gasteiger partial charge in [0.1, 0.15) is 0 Å². The number of hydrogen-bond donors (Lipinski definition) is 1. The maximum absolute atomic E-state index is 8.71. The predicted octanol–water partition coefficient (Wildman–Crippen LogP) is 3.55. The number of rotatable bonds is 4. The molecule has 0 unspecified atom stereocenters. The van der Waals surface area contributed by atoms with Crippen LogP contribution in [-0.4, -0.2) is 6.54 Å².